The van der Waals surface area contributed by atoms with E-state index in [0.717, 1.165) is 19.0 Å². The Morgan fingerprint density at radius 3 is 2.00 bits per heavy atom. The second kappa shape index (κ2) is 6.29. The number of nitrogens with zero attached hydrogens (tertiary/aromatic N) is 1. The van der Waals surface area contributed by atoms with E-state index in [4.69, 9.17) is 4.43 Å². The second-order valence-corrected chi connectivity index (χ2v) is 10.5. The zero-order valence-corrected chi connectivity index (χ0v) is 13.6. The fraction of sp³-hybridized carbons (Fsp3) is 0.714. The van der Waals surface area contributed by atoms with Crippen LogP contribution in [0.1, 0.15) is 34.6 Å². The molecule has 0 aliphatic carbocycles. The predicted molar refractivity (Wildman–Crippen MR) is 79.5 cm³/mol. The Balaban J connectivity index is 5.02. The summed E-state index contributed by atoms with van der Waals surface area (Å²) >= 11 is 0. The van der Waals surface area contributed by atoms with Gasteiger partial charge >= 0.3 is 0 Å². The Hall–Kier alpha value is -0.703. The van der Waals surface area contributed by atoms with Gasteiger partial charge in [-0.1, -0.05) is 33.4 Å². The van der Waals surface area contributed by atoms with Crippen molar-refractivity contribution in [1.82, 2.24) is 4.90 Å². The fourth-order valence-electron chi connectivity index (χ4n) is 1.25. The zero-order chi connectivity index (χ0) is 13.7. The molecular weight excluding hydrogens is 226 g/mol. The molecule has 0 bridgehead atoms. The summed E-state index contributed by atoms with van der Waals surface area (Å²) in [5, 5.41) is 0.223. The van der Waals surface area contributed by atoms with E-state index in [-0.39, 0.29) is 5.04 Å². The van der Waals surface area contributed by atoms with Crippen molar-refractivity contribution >= 4 is 8.32 Å². The SMILES string of the molecule is C=C/C=C(\O[Si](C)(C)C(C)(C)C)N(CC)CC. The van der Waals surface area contributed by atoms with E-state index < -0.39 is 8.32 Å². The summed E-state index contributed by atoms with van der Waals surface area (Å²) in [5.74, 6) is 0.969. The molecule has 100 valence electrons. The molecule has 3 heteroatoms. The van der Waals surface area contributed by atoms with E-state index in [1.54, 1.807) is 6.08 Å². The molecule has 0 aliphatic rings. The highest BCUT2D eigenvalue weighted by Gasteiger charge is 2.39. The van der Waals surface area contributed by atoms with Gasteiger partial charge in [0.15, 0.2) is 5.88 Å². The predicted octanol–water partition coefficient (Wildman–Crippen LogP) is 4.38. The van der Waals surface area contributed by atoms with Crippen LogP contribution >= 0.6 is 0 Å². The number of hydrogen-bond acceptors (Lipinski definition) is 2. The normalized spacial score (nSPS) is 13.5. The molecule has 0 saturated heterocycles. The van der Waals surface area contributed by atoms with Gasteiger partial charge in [0.1, 0.15) is 0 Å². The zero-order valence-electron chi connectivity index (χ0n) is 12.6. The van der Waals surface area contributed by atoms with Crippen LogP contribution in [0, 0.1) is 0 Å². The highest BCUT2D eigenvalue weighted by atomic mass is 28.4. The molecule has 0 radical (unpaired) electrons. The van der Waals surface area contributed by atoms with Gasteiger partial charge in [0.2, 0.25) is 0 Å². The smallest absolute Gasteiger partial charge is 0.252 e. The molecule has 0 rings (SSSR count). The monoisotopic (exact) mass is 255 g/mol. The molecule has 0 saturated carbocycles. The van der Waals surface area contributed by atoms with Crippen LogP contribution in [0.25, 0.3) is 0 Å². The van der Waals surface area contributed by atoms with E-state index in [0.29, 0.717) is 0 Å². The number of rotatable bonds is 6. The van der Waals surface area contributed by atoms with Crippen LogP contribution in [-0.4, -0.2) is 26.3 Å². The van der Waals surface area contributed by atoms with E-state index in [1.807, 2.05) is 6.08 Å². The highest BCUT2D eigenvalue weighted by Crippen LogP contribution is 2.38. The Labute approximate surface area is 108 Å². The minimum atomic E-state index is -1.76. The van der Waals surface area contributed by atoms with E-state index in [2.05, 4.69) is 59.2 Å². The molecular formula is C14H29NOSi. The Kier molecular flexibility index (Phi) is 6.03. The molecule has 0 aliphatic heterocycles. The first-order chi connectivity index (χ1) is 7.69. The van der Waals surface area contributed by atoms with Crippen LogP contribution in [-0.2, 0) is 4.43 Å². The van der Waals surface area contributed by atoms with Crippen molar-refractivity contribution in [2.24, 2.45) is 0 Å². The molecule has 0 amide bonds. The van der Waals surface area contributed by atoms with Crippen molar-refractivity contribution < 1.29 is 4.43 Å². The quantitative estimate of drug-likeness (QED) is 0.397. The molecule has 0 unspecified atom stereocenters. The number of hydrogen-bond donors (Lipinski definition) is 0. The van der Waals surface area contributed by atoms with Gasteiger partial charge in [0.05, 0.1) is 0 Å². The summed E-state index contributed by atoms with van der Waals surface area (Å²) in [6.45, 7) is 21.3. The van der Waals surface area contributed by atoms with Gasteiger partial charge in [0, 0.05) is 13.1 Å². The van der Waals surface area contributed by atoms with Gasteiger partial charge in [-0.3, -0.25) is 0 Å². The topological polar surface area (TPSA) is 12.5 Å². The van der Waals surface area contributed by atoms with E-state index in [1.165, 1.54) is 0 Å². The third-order valence-corrected chi connectivity index (χ3v) is 7.83. The first kappa shape index (κ1) is 16.3. The van der Waals surface area contributed by atoms with Gasteiger partial charge < -0.3 is 9.33 Å². The molecule has 0 aromatic rings. The van der Waals surface area contributed by atoms with Crippen LogP contribution in [0.4, 0.5) is 0 Å². The Bertz CT molecular complexity index is 272. The van der Waals surface area contributed by atoms with Crippen LogP contribution in [0.5, 0.6) is 0 Å². The van der Waals surface area contributed by atoms with Crippen LogP contribution in [0.3, 0.4) is 0 Å². The average molecular weight is 255 g/mol. The van der Waals surface area contributed by atoms with Gasteiger partial charge in [0.25, 0.3) is 8.32 Å². The lowest BCUT2D eigenvalue weighted by Crippen LogP contribution is -2.43. The van der Waals surface area contributed by atoms with Gasteiger partial charge in [-0.15, -0.1) is 0 Å². The first-order valence-electron chi connectivity index (χ1n) is 6.46. The number of allylic oxidation sites excluding steroid dienone is 2. The molecule has 17 heavy (non-hydrogen) atoms. The Morgan fingerprint density at radius 1 is 1.24 bits per heavy atom. The van der Waals surface area contributed by atoms with Gasteiger partial charge in [-0.2, -0.15) is 0 Å². The maximum Gasteiger partial charge on any atom is 0.252 e. The summed E-state index contributed by atoms with van der Waals surface area (Å²) in [6, 6.07) is 0. The van der Waals surface area contributed by atoms with Crippen molar-refractivity contribution in [2.45, 2.75) is 52.8 Å². The van der Waals surface area contributed by atoms with Crippen molar-refractivity contribution in [3.8, 4) is 0 Å². The summed E-state index contributed by atoms with van der Waals surface area (Å²) < 4.78 is 6.34. The molecule has 0 N–H and O–H groups in total. The average Bonchev–Trinajstić information content (AvgIpc) is 2.17. The lowest BCUT2D eigenvalue weighted by Gasteiger charge is -2.39. The standard InChI is InChI=1S/C14H29NOSi/c1-9-12-13(15(10-2)11-3)16-17(7,8)14(4,5)6/h9,12H,1,10-11H2,2-8H3/b13-12-. The molecule has 2 nitrogen and oxygen atoms in total. The van der Waals surface area contributed by atoms with Crippen LogP contribution in [0.15, 0.2) is 24.6 Å². The molecule has 0 atom stereocenters. The molecule has 0 aromatic heterocycles. The maximum absolute atomic E-state index is 6.34. The van der Waals surface area contributed by atoms with Crippen molar-refractivity contribution in [3.05, 3.63) is 24.6 Å². The third kappa shape index (κ3) is 4.58. The minimum Gasteiger partial charge on any atom is -0.532 e. The van der Waals surface area contributed by atoms with Crippen molar-refractivity contribution in [2.75, 3.05) is 13.1 Å². The lowest BCUT2D eigenvalue weighted by molar-refractivity contribution is 0.217. The minimum absolute atomic E-state index is 0.223. The fourth-order valence-corrected chi connectivity index (χ4v) is 2.28. The van der Waals surface area contributed by atoms with Gasteiger partial charge in [-0.25, -0.2) is 0 Å². The van der Waals surface area contributed by atoms with E-state index in [9.17, 15) is 0 Å². The second-order valence-electron chi connectivity index (χ2n) is 5.78. The molecule has 0 heterocycles. The van der Waals surface area contributed by atoms with E-state index >= 15 is 0 Å². The highest BCUT2D eigenvalue weighted by molar-refractivity contribution is 6.74. The van der Waals surface area contributed by atoms with Crippen molar-refractivity contribution in [3.63, 3.8) is 0 Å². The van der Waals surface area contributed by atoms with Gasteiger partial charge in [-0.05, 0) is 38.1 Å². The summed E-state index contributed by atoms with van der Waals surface area (Å²) in [7, 11) is -1.76. The molecule has 0 aromatic carbocycles. The molecule has 0 fully saturated rings. The summed E-state index contributed by atoms with van der Waals surface area (Å²) in [4.78, 5) is 2.24. The largest absolute Gasteiger partial charge is 0.532 e. The first-order valence-corrected chi connectivity index (χ1v) is 9.37. The summed E-state index contributed by atoms with van der Waals surface area (Å²) in [5.41, 5.74) is 0. The van der Waals surface area contributed by atoms with Crippen LogP contribution < -0.4 is 0 Å². The summed E-state index contributed by atoms with van der Waals surface area (Å²) in [6.07, 6.45) is 3.79. The van der Waals surface area contributed by atoms with Crippen molar-refractivity contribution in [1.29, 1.82) is 0 Å². The third-order valence-electron chi connectivity index (χ3n) is 3.50. The Morgan fingerprint density at radius 2 is 1.71 bits per heavy atom. The van der Waals surface area contributed by atoms with Crippen LogP contribution in [0.2, 0.25) is 18.1 Å². The lowest BCUT2D eigenvalue weighted by atomic mass is 10.2. The maximum atomic E-state index is 6.34. The molecule has 0 spiro atoms.